The number of nitrogens with one attached hydrogen (secondary N) is 1. The van der Waals surface area contributed by atoms with Gasteiger partial charge in [-0.15, -0.1) is 0 Å². The highest BCUT2D eigenvalue weighted by Gasteiger charge is 2.61. The van der Waals surface area contributed by atoms with Crippen LogP contribution >= 0.6 is 11.6 Å². The first-order valence-corrected chi connectivity index (χ1v) is 8.97. The molecular formula is C18H14ClN3O7. The van der Waals surface area contributed by atoms with Crippen molar-refractivity contribution in [3.63, 3.8) is 0 Å². The number of nitro groups is 1. The Bertz CT molecular complexity index is 1020. The second-order valence-corrected chi connectivity index (χ2v) is 7.23. The molecule has 150 valence electrons. The van der Waals surface area contributed by atoms with E-state index in [-0.39, 0.29) is 17.3 Å². The zero-order valence-corrected chi connectivity index (χ0v) is 15.4. The van der Waals surface area contributed by atoms with Crippen LogP contribution in [0, 0.1) is 22.0 Å². The number of amides is 2. The van der Waals surface area contributed by atoms with Gasteiger partial charge in [-0.05, 0) is 23.8 Å². The van der Waals surface area contributed by atoms with Crippen LogP contribution in [0.15, 0.2) is 41.0 Å². The van der Waals surface area contributed by atoms with E-state index in [4.69, 9.17) is 16.0 Å². The summed E-state index contributed by atoms with van der Waals surface area (Å²) in [6, 6.07) is 4.98. The Morgan fingerprint density at radius 2 is 2.00 bits per heavy atom. The third kappa shape index (κ3) is 3.06. The average Bonchev–Trinajstić information content (AvgIpc) is 3.37. The molecule has 2 saturated heterocycles. The lowest BCUT2D eigenvalue weighted by Crippen LogP contribution is -2.42. The molecule has 2 aliphatic heterocycles. The lowest BCUT2D eigenvalue weighted by atomic mass is 9.86. The van der Waals surface area contributed by atoms with E-state index in [2.05, 4.69) is 5.32 Å². The first-order valence-electron chi connectivity index (χ1n) is 8.60. The van der Waals surface area contributed by atoms with E-state index in [1.165, 1.54) is 24.5 Å². The molecule has 4 rings (SSSR count). The van der Waals surface area contributed by atoms with Crippen molar-refractivity contribution in [2.75, 3.05) is 0 Å². The fourth-order valence-electron chi connectivity index (χ4n) is 3.98. The molecule has 2 fully saturated rings. The Morgan fingerprint density at radius 1 is 1.28 bits per heavy atom. The van der Waals surface area contributed by atoms with Gasteiger partial charge in [0, 0.05) is 12.1 Å². The number of nitro benzene ring substituents is 1. The third-order valence-electron chi connectivity index (χ3n) is 5.25. The number of imide groups is 1. The molecule has 1 aromatic heterocycles. The quantitative estimate of drug-likeness (QED) is 0.423. The number of carboxylic acids is 1. The molecule has 4 atom stereocenters. The van der Waals surface area contributed by atoms with Gasteiger partial charge >= 0.3 is 5.97 Å². The highest BCUT2D eigenvalue weighted by atomic mass is 35.5. The number of hydrogen-bond donors (Lipinski definition) is 2. The molecule has 29 heavy (non-hydrogen) atoms. The Morgan fingerprint density at radius 3 is 2.62 bits per heavy atom. The van der Waals surface area contributed by atoms with Crippen LogP contribution in [0.4, 0.5) is 5.69 Å². The van der Waals surface area contributed by atoms with Gasteiger partial charge < -0.3 is 9.52 Å². The molecule has 0 spiro atoms. The molecule has 0 bridgehead atoms. The van der Waals surface area contributed by atoms with Crippen molar-refractivity contribution in [1.82, 2.24) is 10.2 Å². The van der Waals surface area contributed by atoms with Crippen LogP contribution in [0.1, 0.15) is 17.4 Å². The fourth-order valence-corrected chi connectivity index (χ4v) is 4.17. The summed E-state index contributed by atoms with van der Waals surface area (Å²) in [7, 11) is 0. The predicted octanol–water partition coefficient (Wildman–Crippen LogP) is 1.74. The van der Waals surface area contributed by atoms with Crippen LogP contribution in [0.3, 0.4) is 0 Å². The number of hydrogen-bond acceptors (Lipinski definition) is 7. The number of likely N-dealkylation sites (tertiary alicyclic amines) is 1. The van der Waals surface area contributed by atoms with Crippen LogP contribution in [0.2, 0.25) is 5.02 Å². The standard InChI is InChI=1S/C18H14ClN3O7/c19-10-4-3-8(6-11(10)22(27)28)14-12-13(15(20-14)18(25)26)17(24)21(16(12)23)7-9-2-1-5-29-9/h1-6,12-15,20H,7H2,(H,25,26). The summed E-state index contributed by atoms with van der Waals surface area (Å²) in [6.07, 6.45) is 1.40. The molecule has 0 aliphatic carbocycles. The van der Waals surface area contributed by atoms with Crippen molar-refractivity contribution in [3.8, 4) is 0 Å². The number of aliphatic carboxylic acids is 1. The third-order valence-corrected chi connectivity index (χ3v) is 5.57. The van der Waals surface area contributed by atoms with Crippen molar-refractivity contribution in [2.45, 2.75) is 18.6 Å². The number of nitrogens with zero attached hydrogens (tertiary/aromatic N) is 2. The summed E-state index contributed by atoms with van der Waals surface area (Å²) in [4.78, 5) is 49.1. The molecule has 0 saturated carbocycles. The molecule has 0 radical (unpaired) electrons. The molecule has 2 N–H and O–H groups in total. The lowest BCUT2D eigenvalue weighted by Gasteiger charge is -2.20. The van der Waals surface area contributed by atoms with Crippen molar-refractivity contribution in [1.29, 1.82) is 0 Å². The number of rotatable bonds is 5. The highest BCUT2D eigenvalue weighted by molar-refractivity contribution is 6.32. The van der Waals surface area contributed by atoms with Crippen LogP contribution in [-0.4, -0.2) is 38.8 Å². The minimum absolute atomic E-state index is 0.0867. The molecule has 11 heteroatoms. The van der Waals surface area contributed by atoms with Gasteiger partial charge in [0.25, 0.3) is 5.69 Å². The Hall–Kier alpha value is -3.24. The molecule has 2 aliphatic rings. The van der Waals surface area contributed by atoms with E-state index in [9.17, 15) is 29.6 Å². The average molecular weight is 420 g/mol. The Kier molecular flexibility index (Phi) is 4.59. The Labute approximate surface area is 168 Å². The molecule has 2 aromatic rings. The molecule has 1 aromatic carbocycles. The van der Waals surface area contributed by atoms with Crippen molar-refractivity contribution in [2.24, 2.45) is 11.8 Å². The predicted molar refractivity (Wildman–Crippen MR) is 96.7 cm³/mol. The maximum absolute atomic E-state index is 13.0. The summed E-state index contributed by atoms with van der Waals surface area (Å²) in [6.45, 7) is -0.114. The van der Waals surface area contributed by atoms with E-state index in [0.29, 0.717) is 11.3 Å². The van der Waals surface area contributed by atoms with Gasteiger partial charge in [-0.1, -0.05) is 17.7 Å². The van der Waals surface area contributed by atoms with Gasteiger partial charge in [-0.2, -0.15) is 0 Å². The number of fused-ring (bicyclic) bond motifs is 1. The normalized spacial score (nSPS) is 26.0. The smallest absolute Gasteiger partial charge is 0.321 e. The number of benzene rings is 1. The second-order valence-electron chi connectivity index (χ2n) is 6.82. The van der Waals surface area contributed by atoms with E-state index in [0.717, 1.165) is 4.90 Å². The zero-order chi connectivity index (χ0) is 20.9. The zero-order valence-electron chi connectivity index (χ0n) is 14.6. The SMILES string of the molecule is O=C(O)C1NC(c2ccc(Cl)c([N+](=O)[O-])c2)C2C(=O)N(Cc3ccco3)C(=O)C12. The first-order chi connectivity index (χ1) is 13.8. The van der Waals surface area contributed by atoms with Gasteiger partial charge in [-0.3, -0.25) is 34.7 Å². The van der Waals surface area contributed by atoms with Gasteiger partial charge in [0.1, 0.15) is 16.8 Å². The number of furan rings is 1. The lowest BCUT2D eigenvalue weighted by molar-refractivity contribution is -0.384. The number of carbonyl (C=O) groups excluding carboxylic acids is 2. The molecule has 2 amide bonds. The Balaban J connectivity index is 1.73. The van der Waals surface area contributed by atoms with Gasteiger partial charge in [0.2, 0.25) is 11.8 Å². The molecular weight excluding hydrogens is 406 g/mol. The van der Waals surface area contributed by atoms with Crippen molar-refractivity contribution in [3.05, 3.63) is 63.1 Å². The topological polar surface area (TPSA) is 143 Å². The summed E-state index contributed by atoms with van der Waals surface area (Å²) in [5.74, 6) is -4.23. The van der Waals surface area contributed by atoms with Crippen molar-refractivity contribution >= 4 is 35.1 Å². The first kappa shape index (κ1) is 19.1. The van der Waals surface area contributed by atoms with E-state index >= 15 is 0 Å². The molecule has 3 heterocycles. The van der Waals surface area contributed by atoms with Crippen LogP contribution < -0.4 is 5.32 Å². The summed E-state index contributed by atoms with van der Waals surface area (Å²) >= 11 is 5.85. The second kappa shape index (κ2) is 6.98. The van der Waals surface area contributed by atoms with E-state index < -0.39 is 46.6 Å². The number of halogens is 1. The summed E-state index contributed by atoms with van der Waals surface area (Å²) < 4.78 is 5.19. The van der Waals surface area contributed by atoms with Crippen LogP contribution in [0.5, 0.6) is 0 Å². The van der Waals surface area contributed by atoms with E-state index in [1.54, 1.807) is 12.1 Å². The fraction of sp³-hybridized carbons (Fsp3) is 0.278. The monoisotopic (exact) mass is 419 g/mol. The maximum Gasteiger partial charge on any atom is 0.321 e. The number of carbonyl (C=O) groups is 3. The molecule has 10 nitrogen and oxygen atoms in total. The maximum atomic E-state index is 13.0. The van der Waals surface area contributed by atoms with Crippen LogP contribution in [0.25, 0.3) is 0 Å². The molecule has 4 unspecified atom stereocenters. The summed E-state index contributed by atoms with van der Waals surface area (Å²) in [5, 5.41) is 23.5. The minimum atomic E-state index is -1.31. The largest absolute Gasteiger partial charge is 0.480 e. The van der Waals surface area contributed by atoms with Gasteiger partial charge in [0.05, 0.1) is 29.6 Å². The van der Waals surface area contributed by atoms with Gasteiger partial charge in [0.15, 0.2) is 0 Å². The van der Waals surface area contributed by atoms with Crippen LogP contribution in [-0.2, 0) is 20.9 Å². The van der Waals surface area contributed by atoms with Gasteiger partial charge in [-0.25, -0.2) is 0 Å². The van der Waals surface area contributed by atoms with Crippen molar-refractivity contribution < 1.29 is 28.8 Å². The summed E-state index contributed by atoms with van der Waals surface area (Å²) in [5.41, 5.74) is -0.0636. The van der Waals surface area contributed by atoms with E-state index in [1.807, 2.05) is 0 Å². The number of carboxylic acid groups (broad SMARTS) is 1. The highest BCUT2D eigenvalue weighted by Crippen LogP contribution is 2.45. The minimum Gasteiger partial charge on any atom is -0.480 e.